The lowest BCUT2D eigenvalue weighted by Gasteiger charge is -2.07. The smallest absolute Gasteiger partial charge is 0.119 e. The van der Waals surface area contributed by atoms with E-state index >= 15 is 0 Å². The Morgan fingerprint density at radius 2 is 1.74 bits per heavy atom. The van der Waals surface area contributed by atoms with Crippen LogP contribution in [0.3, 0.4) is 0 Å². The molecule has 2 rings (SSSR count). The van der Waals surface area contributed by atoms with Gasteiger partial charge in [0.15, 0.2) is 0 Å². The van der Waals surface area contributed by atoms with E-state index in [1.165, 1.54) is 5.56 Å². The number of aromatic nitrogens is 1. The molecule has 0 saturated carbocycles. The van der Waals surface area contributed by atoms with Crippen molar-refractivity contribution in [2.75, 3.05) is 6.54 Å². The molecule has 3 heteroatoms. The predicted molar refractivity (Wildman–Crippen MR) is 77.0 cm³/mol. The molecule has 0 atom stereocenters. The Labute approximate surface area is 114 Å². The van der Waals surface area contributed by atoms with Crippen LogP contribution < -0.4 is 10.1 Å². The van der Waals surface area contributed by atoms with Gasteiger partial charge in [-0.05, 0) is 48.4 Å². The third kappa shape index (κ3) is 4.72. The highest BCUT2D eigenvalue weighted by Crippen LogP contribution is 2.14. The van der Waals surface area contributed by atoms with E-state index in [1.807, 2.05) is 24.3 Å². The summed E-state index contributed by atoms with van der Waals surface area (Å²) in [6.07, 6.45) is 4.72. The Bertz CT molecular complexity index is 468. The van der Waals surface area contributed by atoms with Crippen molar-refractivity contribution < 1.29 is 4.74 Å². The fourth-order valence-electron chi connectivity index (χ4n) is 1.76. The quantitative estimate of drug-likeness (QED) is 0.773. The van der Waals surface area contributed by atoms with Crippen molar-refractivity contribution in [1.82, 2.24) is 10.3 Å². The van der Waals surface area contributed by atoms with Crippen LogP contribution in [0.15, 0.2) is 48.8 Å². The fraction of sp³-hybridized carbons (Fsp3) is 0.312. The van der Waals surface area contributed by atoms with Gasteiger partial charge in [0.25, 0.3) is 0 Å². The summed E-state index contributed by atoms with van der Waals surface area (Å²) in [6, 6.07) is 12.2. The number of ether oxygens (including phenoxy) is 1. The van der Waals surface area contributed by atoms with Gasteiger partial charge >= 0.3 is 0 Å². The van der Waals surface area contributed by atoms with Crippen LogP contribution in [0.5, 0.6) is 5.75 Å². The molecule has 0 saturated heterocycles. The van der Waals surface area contributed by atoms with Gasteiger partial charge in [-0.2, -0.15) is 0 Å². The van der Waals surface area contributed by atoms with Crippen LogP contribution in [0.4, 0.5) is 0 Å². The molecule has 19 heavy (non-hydrogen) atoms. The highest BCUT2D eigenvalue weighted by atomic mass is 16.5. The Hall–Kier alpha value is -1.87. The molecule has 0 spiro atoms. The number of nitrogens with zero attached hydrogens (tertiary/aromatic N) is 1. The van der Waals surface area contributed by atoms with Crippen molar-refractivity contribution >= 4 is 0 Å². The molecule has 0 aliphatic rings. The van der Waals surface area contributed by atoms with Crippen LogP contribution in [0, 0.1) is 0 Å². The van der Waals surface area contributed by atoms with Gasteiger partial charge in [0, 0.05) is 18.9 Å². The normalized spacial score (nSPS) is 10.4. The van der Waals surface area contributed by atoms with E-state index in [0.717, 1.165) is 30.8 Å². The van der Waals surface area contributed by atoms with Gasteiger partial charge in [-0.15, -0.1) is 0 Å². The van der Waals surface area contributed by atoms with Crippen LogP contribution in [0.2, 0.25) is 0 Å². The van der Waals surface area contributed by atoms with Crippen LogP contribution in [-0.4, -0.2) is 11.5 Å². The Morgan fingerprint density at radius 3 is 2.42 bits per heavy atom. The third-order valence-electron chi connectivity index (χ3n) is 2.83. The second kappa shape index (κ2) is 7.54. The summed E-state index contributed by atoms with van der Waals surface area (Å²) in [7, 11) is 0. The van der Waals surface area contributed by atoms with Crippen molar-refractivity contribution in [3.8, 4) is 5.75 Å². The van der Waals surface area contributed by atoms with Gasteiger partial charge in [-0.25, -0.2) is 0 Å². The van der Waals surface area contributed by atoms with Gasteiger partial charge < -0.3 is 10.1 Å². The molecular formula is C16H20N2O. The van der Waals surface area contributed by atoms with E-state index in [9.17, 15) is 0 Å². The number of rotatable bonds is 7. The predicted octanol–water partition coefficient (Wildman–Crippen LogP) is 3.16. The van der Waals surface area contributed by atoms with Crippen LogP contribution in [0.25, 0.3) is 0 Å². The molecule has 1 N–H and O–H groups in total. The van der Waals surface area contributed by atoms with Gasteiger partial charge in [-0.1, -0.05) is 19.1 Å². The average molecular weight is 256 g/mol. The molecule has 0 amide bonds. The van der Waals surface area contributed by atoms with E-state index in [2.05, 4.69) is 29.4 Å². The van der Waals surface area contributed by atoms with Crippen molar-refractivity contribution in [2.45, 2.75) is 26.5 Å². The lowest BCUT2D eigenvalue weighted by atomic mass is 10.2. The molecule has 0 radical (unpaired) electrons. The molecule has 1 aromatic carbocycles. The first kappa shape index (κ1) is 13.6. The number of hydrogen-bond acceptors (Lipinski definition) is 3. The number of pyridine rings is 1. The minimum Gasteiger partial charge on any atom is -0.489 e. The van der Waals surface area contributed by atoms with Crippen LogP contribution in [-0.2, 0) is 13.2 Å². The molecule has 1 heterocycles. The Kier molecular flexibility index (Phi) is 5.38. The minimum atomic E-state index is 0.579. The highest BCUT2D eigenvalue weighted by molar-refractivity contribution is 5.27. The summed E-state index contributed by atoms with van der Waals surface area (Å²) in [6.45, 7) is 4.72. The van der Waals surface area contributed by atoms with E-state index in [4.69, 9.17) is 4.74 Å². The average Bonchev–Trinajstić information content (AvgIpc) is 2.48. The highest BCUT2D eigenvalue weighted by Gasteiger charge is 1.97. The third-order valence-corrected chi connectivity index (χ3v) is 2.83. The van der Waals surface area contributed by atoms with Crippen molar-refractivity contribution in [1.29, 1.82) is 0 Å². The summed E-state index contributed by atoms with van der Waals surface area (Å²) in [5.74, 6) is 0.899. The van der Waals surface area contributed by atoms with Gasteiger partial charge in [-0.3, -0.25) is 4.98 Å². The summed E-state index contributed by atoms with van der Waals surface area (Å²) >= 11 is 0. The summed E-state index contributed by atoms with van der Waals surface area (Å²) in [4.78, 5) is 3.98. The zero-order chi connectivity index (χ0) is 13.3. The molecule has 0 aliphatic carbocycles. The Morgan fingerprint density at radius 1 is 1.00 bits per heavy atom. The number of benzene rings is 1. The van der Waals surface area contributed by atoms with E-state index in [0.29, 0.717) is 6.61 Å². The molecular weight excluding hydrogens is 236 g/mol. The van der Waals surface area contributed by atoms with Gasteiger partial charge in [0.05, 0.1) is 0 Å². The number of nitrogens with one attached hydrogen (secondary N) is 1. The zero-order valence-electron chi connectivity index (χ0n) is 11.3. The largest absolute Gasteiger partial charge is 0.489 e. The minimum absolute atomic E-state index is 0.579. The molecule has 0 bridgehead atoms. The first-order valence-corrected chi connectivity index (χ1v) is 6.70. The Balaban J connectivity index is 1.81. The maximum Gasteiger partial charge on any atom is 0.119 e. The molecule has 3 nitrogen and oxygen atoms in total. The summed E-state index contributed by atoms with van der Waals surface area (Å²) in [5, 5.41) is 3.38. The molecule has 1 aromatic heterocycles. The zero-order valence-corrected chi connectivity index (χ0v) is 11.3. The second-order valence-electron chi connectivity index (χ2n) is 4.46. The standard InChI is InChI=1S/C16H20N2O/c1-2-9-18-12-14-3-5-16(6-4-14)19-13-15-7-10-17-11-8-15/h3-8,10-11,18H,2,9,12-13H2,1H3. The van der Waals surface area contributed by atoms with E-state index in [-0.39, 0.29) is 0 Å². The maximum atomic E-state index is 5.72. The molecule has 100 valence electrons. The molecule has 0 aliphatic heterocycles. The SMILES string of the molecule is CCCNCc1ccc(OCc2ccncc2)cc1. The van der Waals surface area contributed by atoms with Gasteiger partial charge in [0.1, 0.15) is 12.4 Å². The fourth-order valence-corrected chi connectivity index (χ4v) is 1.76. The lowest BCUT2D eigenvalue weighted by molar-refractivity contribution is 0.306. The van der Waals surface area contributed by atoms with Gasteiger partial charge in [0.2, 0.25) is 0 Å². The summed E-state index contributed by atoms with van der Waals surface area (Å²) < 4.78 is 5.72. The second-order valence-corrected chi connectivity index (χ2v) is 4.46. The first-order valence-electron chi connectivity index (χ1n) is 6.70. The monoisotopic (exact) mass is 256 g/mol. The van der Waals surface area contributed by atoms with E-state index in [1.54, 1.807) is 12.4 Å². The topological polar surface area (TPSA) is 34.1 Å². The van der Waals surface area contributed by atoms with Crippen LogP contribution >= 0.6 is 0 Å². The molecule has 2 aromatic rings. The molecule has 0 unspecified atom stereocenters. The van der Waals surface area contributed by atoms with Crippen molar-refractivity contribution in [3.05, 3.63) is 59.9 Å². The van der Waals surface area contributed by atoms with Crippen molar-refractivity contribution in [2.24, 2.45) is 0 Å². The maximum absolute atomic E-state index is 5.72. The first-order chi connectivity index (χ1) is 9.38. The van der Waals surface area contributed by atoms with Crippen LogP contribution in [0.1, 0.15) is 24.5 Å². The summed E-state index contributed by atoms with van der Waals surface area (Å²) in [5.41, 5.74) is 2.41. The lowest BCUT2D eigenvalue weighted by Crippen LogP contribution is -2.13. The van der Waals surface area contributed by atoms with Crippen molar-refractivity contribution in [3.63, 3.8) is 0 Å². The molecule has 0 fully saturated rings. The number of hydrogen-bond donors (Lipinski definition) is 1. The van der Waals surface area contributed by atoms with E-state index < -0.39 is 0 Å².